The maximum absolute atomic E-state index is 9.20. The molecule has 0 rings (SSSR count). The van der Waals surface area contributed by atoms with Crippen LogP contribution >= 0.6 is 0 Å². The Hall–Kier alpha value is -0.600. The normalized spacial score (nSPS) is 10.0. The highest BCUT2D eigenvalue weighted by Gasteiger charge is 2.01. The van der Waals surface area contributed by atoms with Crippen LogP contribution in [0.1, 0.15) is 0 Å². The van der Waals surface area contributed by atoms with Crippen LogP contribution in [0.2, 0.25) is 0 Å². The van der Waals surface area contributed by atoms with Gasteiger partial charge < -0.3 is 0 Å². The van der Waals surface area contributed by atoms with E-state index >= 15 is 0 Å². The van der Waals surface area contributed by atoms with E-state index in [0.717, 1.165) is 0 Å². The summed E-state index contributed by atoms with van der Waals surface area (Å²) < 4.78 is 27.6. The third kappa shape index (κ3) is 3.40. The average Bonchev–Trinajstić information content (AvgIpc) is 1.35. The van der Waals surface area contributed by atoms with E-state index in [9.17, 15) is 8.42 Å². The van der Waals surface area contributed by atoms with Crippen LogP contribution in [0.25, 0.3) is 4.25 Å². The molecule has 0 aliphatic carbocycles. The van der Waals surface area contributed by atoms with Crippen molar-refractivity contribution in [1.82, 2.24) is 0 Å². The first kappa shape index (κ1) is 5.40. The van der Waals surface area contributed by atoms with Gasteiger partial charge in [0.15, 0.2) is 0 Å². The Balaban J connectivity index is 4.41. The largest absolute Gasteiger partial charge is 0.587 e. The molecule has 0 amide bonds. The van der Waals surface area contributed by atoms with Crippen LogP contribution in [-0.4, -0.2) is 13.0 Å². The van der Waals surface area contributed by atoms with Crippen molar-refractivity contribution in [3.8, 4) is 0 Å². The van der Waals surface area contributed by atoms with Gasteiger partial charge in [0.2, 0.25) is 0 Å². The van der Waals surface area contributed by atoms with Crippen molar-refractivity contribution in [1.29, 1.82) is 0 Å². The molecule has 0 spiro atoms. The van der Waals surface area contributed by atoms with Crippen molar-refractivity contribution >= 4 is 10.3 Å². The maximum atomic E-state index is 9.20. The van der Waals surface area contributed by atoms with Gasteiger partial charge in [0.05, 0.1) is 0 Å². The van der Waals surface area contributed by atoms with Crippen LogP contribution < -0.4 is 0 Å². The number of rotatable bonds is 0. The predicted octanol–water partition coefficient (Wildman–Crippen LogP) is -0.292. The van der Waals surface area contributed by atoms with Crippen LogP contribution in [0.3, 0.4) is 0 Å². The molecule has 0 aliphatic rings. The van der Waals surface area contributed by atoms with Crippen LogP contribution in [0.4, 0.5) is 0 Å². The van der Waals surface area contributed by atoms with Gasteiger partial charge in [0.1, 0.15) is 0 Å². The molecule has 0 saturated heterocycles. The van der Waals surface area contributed by atoms with E-state index in [2.05, 4.69) is 0 Å². The fourth-order valence-corrected chi connectivity index (χ4v) is 0. The fourth-order valence-electron chi connectivity index (χ4n) is 0. The summed E-state index contributed by atoms with van der Waals surface area (Å²) in [5.74, 6) is 0. The summed E-state index contributed by atoms with van der Waals surface area (Å²) in [6.45, 7) is 5.64. The standard InChI is InChI=1S/CHNO3S/c1-2-6(3,4)5/h(H,3,4,5). The zero-order valence-electron chi connectivity index (χ0n) is 2.62. The van der Waals surface area contributed by atoms with Crippen molar-refractivity contribution in [3.63, 3.8) is 0 Å². The fraction of sp³-hybridized carbons (Fsp3) is 0. The van der Waals surface area contributed by atoms with E-state index in [1.54, 1.807) is 4.25 Å². The van der Waals surface area contributed by atoms with Gasteiger partial charge in [-0.1, -0.05) is 0 Å². The molecule has 6 heavy (non-hydrogen) atoms. The maximum Gasteiger partial charge on any atom is 0.587 e. The van der Waals surface area contributed by atoms with E-state index < -0.39 is 10.3 Å². The van der Waals surface area contributed by atoms with Crippen molar-refractivity contribution in [2.45, 2.75) is 0 Å². The van der Waals surface area contributed by atoms with E-state index in [1.165, 1.54) is 0 Å². The first-order chi connectivity index (χ1) is 2.56. The van der Waals surface area contributed by atoms with Gasteiger partial charge >= 0.3 is 10.3 Å². The smallest absolute Gasteiger partial charge is 0.222 e. The SMILES string of the molecule is [C-]#[N+]S(=O)(=O)O. The van der Waals surface area contributed by atoms with Crippen LogP contribution in [0.15, 0.2) is 0 Å². The van der Waals surface area contributed by atoms with Gasteiger partial charge in [-0.3, -0.25) is 0 Å². The minimum atomic E-state index is -4.37. The zero-order chi connectivity index (χ0) is 5.21. The molecule has 0 aromatic heterocycles. The zero-order valence-corrected chi connectivity index (χ0v) is 3.44. The Kier molecular flexibility index (Phi) is 1.12. The van der Waals surface area contributed by atoms with Gasteiger partial charge in [0.25, 0.3) is 0 Å². The van der Waals surface area contributed by atoms with Gasteiger partial charge in [-0.25, -0.2) is 11.1 Å². The molecule has 4 nitrogen and oxygen atoms in total. The summed E-state index contributed by atoms with van der Waals surface area (Å²) in [5.41, 5.74) is 0. The van der Waals surface area contributed by atoms with Gasteiger partial charge in [-0.2, -0.15) is 4.25 Å². The lowest BCUT2D eigenvalue weighted by molar-refractivity contribution is 0.494. The van der Waals surface area contributed by atoms with Gasteiger partial charge in [-0.05, 0) is 0 Å². The summed E-state index contributed by atoms with van der Waals surface area (Å²) in [7, 11) is -4.37. The summed E-state index contributed by atoms with van der Waals surface area (Å²) in [4.78, 5) is 0. The topological polar surface area (TPSA) is 58.7 Å². The van der Waals surface area contributed by atoms with E-state index in [-0.39, 0.29) is 0 Å². The minimum absolute atomic E-state index is 1.80. The van der Waals surface area contributed by atoms with Crippen molar-refractivity contribution in [2.75, 3.05) is 0 Å². The van der Waals surface area contributed by atoms with Crippen molar-refractivity contribution < 1.29 is 13.0 Å². The molecule has 0 aromatic rings. The minimum Gasteiger partial charge on any atom is -0.222 e. The molecule has 0 unspecified atom stereocenters. The Labute approximate surface area is 35.1 Å². The van der Waals surface area contributed by atoms with Crippen molar-refractivity contribution in [2.24, 2.45) is 0 Å². The first-order valence-corrected chi connectivity index (χ1v) is 2.32. The molecule has 0 bridgehead atoms. The molecule has 5 heteroatoms. The molecule has 0 heterocycles. The molecular formula is CHNO3S. The third-order valence-corrected chi connectivity index (χ3v) is 0.346. The number of hydrogen-bond donors (Lipinski definition) is 1. The molecule has 0 fully saturated rings. The summed E-state index contributed by atoms with van der Waals surface area (Å²) in [6.07, 6.45) is 0. The van der Waals surface area contributed by atoms with Crippen LogP contribution in [-0.2, 0) is 10.3 Å². The number of hydrogen-bond acceptors (Lipinski definition) is 2. The van der Waals surface area contributed by atoms with Gasteiger partial charge in [0, 0.05) is 0 Å². The molecule has 0 aliphatic heterocycles. The molecule has 0 saturated carbocycles. The Morgan fingerprint density at radius 3 is 1.83 bits per heavy atom. The Morgan fingerprint density at radius 2 is 1.83 bits per heavy atom. The average molecular weight is 107 g/mol. The lowest BCUT2D eigenvalue weighted by atomic mass is 11.9. The van der Waals surface area contributed by atoms with E-state index in [4.69, 9.17) is 11.1 Å². The van der Waals surface area contributed by atoms with E-state index in [1.807, 2.05) is 0 Å². The molecule has 34 valence electrons. The highest BCUT2D eigenvalue weighted by Crippen LogP contribution is 1.76. The predicted molar refractivity (Wildman–Crippen MR) is 18.2 cm³/mol. The summed E-state index contributed by atoms with van der Waals surface area (Å²) in [5, 5.41) is 0. The molecule has 0 radical (unpaired) electrons. The molecule has 1 N–H and O–H groups in total. The number of nitrogens with zero attached hydrogens (tertiary/aromatic N) is 1. The summed E-state index contributed by atoms with van der Waals surface area (Å²) >= 11 is 0. The Morgan fingerprint density at radius 1 is 1.67 bits per heavy atom. The molecular weight excluding hydrogens is 106 g/mol. The van der Waals surface area contributed by atoms with Crippen LogP contribution in [0, 0.1) is 6.57 Å². The van der Waals surface area contributed by atoms with Gasteiger partial charge in [-0.15, -0.1) is 8.42 Å². The van der Waals surface area contributed by atoms with Crippen LogP contribution in [0.5, 0.6) is 0 Å². The third-order valence-electron chi connectivity index (χ3n) is 0.115. The summed E-state index contributed by atoms with van der Waals surface area (Å²) in [6, 6.07) is 0. The lowest BCUT2D eigenvalue weighted by Crippen LogP contribution is -1.83. The monoisotopic (exact) mass is 107 g/mol. The highest BCUT2D eigenvalue weighted by molar-refractivity contribution is 7.87. The first-order valence-electron chi connectivity index (χ1n) is 0.922. The Bertz CT molecular complexity index is 160. The highest BCUT2D eigenvalue weighted by atomic mass is 32.2. The quantitative estimate of drug-likeness (QED) is 0.342. The molecule has 0 aromatic carbocycles. The molecule has 0 atom stereocenters. The second-order valence-electron chi connectivity index (χ2n) is 0.539. The lowest BCUT2D eigenvalue weighted by Gasteiger charge is -1.61. The second-order valence-corrected chi connectivity index (χ2v) is 1.62. The van der Waals surface area contributed by atoms with Crippen molar-refractivity contribution in [3.05, 3.63) is 10.8 Å². The van der Waals surface area contributed by atoms with E-state index in [0.29, 0.717) is 0 Å². The second kappa shape index (κ2) is 1.24.